The summed E-state index contributed by atoms with van der Waals surface area (Å²) in [6.45, 7) is 3.13. The molecule has 0 atom stereocenters. The molecule has 0 saturated carbocycles. The molecule has 0 unspecified atom stereocenters. The van der Waals surface area contributed by atoms with E-state index < -0.39 is 0 Å². The maximum atomic E-state index is 13.4. The second kappa shape index (κ2) is 9.30. The Morgan fingerprint density at radius 1 is 1.00 bits per heavy atom. The van der Waals surface area contributed by atoms with Crippen molar-refractivity contribution in [2.45, 2.75) is 31.8 Å². The van der Waals surface area contributed by atoms with E-state index in [1.807, 2.05) is 35.2 Å². The number of para-hydroxylation sites is 1. The molecular formula is C24H29N3O3. The number of carbonyl (C=O) groups excluding carboxylic acids is 2. The molecule has 0 aliphatic carbocycles. The summed E-state index contributed by atoms with van der Waals surface area (Å²) in [7, 11) is 1.52. The third-order valence-electron chi connectivity index (χ3n) is 6.03. The van der Waals surface area contributed by atoms with E-state index in [0.717, 1.165) is 50.1 Å². The highest BCUT2D eigenvalue weighted by molar-refractivity contribution is 6.00. The molecule has 2 heterocycles. The Morgan fingerprint density at radius 2 is 1.70 bits per heavy atom. The van der Waals surface area contributed by atoms with Crippen molar-refractivity contribution in [3.05, 3.63) is 65.2 Å². The second-order valence-electron chi connectivity index (χ2n) is 8.02. The van der Waals surface area contributed by atoms with Gasteiger partial charge < -0.3 is 19.9 Å². The molecule has 0 spiro atoms. The molecule has 158 valence electrons. The number of piperidine rings is 1. The normalized spacial score (nSPS) is 16.8. The molecule has 2 aliphatic rings. The number of amides is 2. The standard InChI is InChI=1S/C24H29N3O3/c1-30-17-23(28)25-20-11-14-26(15-12-20)22-9-5-4-8-21(22)24(29)27-13-10-18-6-2-3-7-19(18)16-27/h2-9,20H,10-17H2,1H3,(H,25,28). The fraction of sp³-hybridized carbons (Fsp3) is 0.417. The summed E-state index contributed by atoms with van der Waals surface area (Å²) in [5, 5.41) is 3.02. The van der Waals surface area contributed by atoms with Crippen molar-refractivity contribution in [2.75, 3.05) is 38.3 Å². The number of fused-ring (bicyclic) bond motifs is 1. The van der Waals surface area contributed by atoms with Gasteiger partial charge in [-0.3, -0.25) is 9.59 Å². The zero-order chi connectivity index (χ0) is 20.9. The number of carbonyl (C=O) groups is 2. The molecule has 2 amide bonds. The smallest absolute Gasteiger partial charge is 0.256 e. The summed E-state index contributed by atoms with van der Waals surface area (Å²) < 4.78 is 4.89. The lowest BCUT2D eigenvalue weighted by Crippen LogP contribution is -2.46. The van der Waals surface area contributed by atoms with Crippen molar-refractivity contribution in [3.63, 3.8) is 0 Å². The van der Waals surface area contributed by atoms with Gasteiger partial charge in [-0.15, -0.1) is 0 Å². The number of ether oxygens (including phenoxy) is 1. The molecule has 1 fully saturated rings. The molecule has 1 N–H and O–H groups in total. The first-order chi connectivity index (χ1) is 14.7. The number of rotatable bonds is 5. The van der Waals surface area contributed by atoms with Gasteiger partial charge in [0.2, 0.25) is 5.91 Å². The molecule has 2 aromatic rings. The van der Waals surface area contributed by atoms with Crippen molar-refractivity contribution in [1.29, 1.82) is 0 Å². The average molecular weight is 408 g/mol. The Morgan fingerprint density at radius 3 is 2.47 bits per heavy atom. The highest BCUT2D eigenvalue weighted by Gasteiger charge is 2.27. The van der Waals surface area contributed by atoms with Gasteiger partial charge in [0.15, 0.2) is 0 Å². The van der Waals surface area contributed by atoms with E-state index in [1.165, 1.54) is 18.2 Å². The minimum absolute atomic E-state index is 0.0723. The van der Waals surface area contributed by atoms with E-state index in [0.29, 0.717) is 6.54 Å². The molecule has 6 heteroatoms. The Kier molecular flexibility index (Phi) is 6.33. The highest BCUT2D eigenvalue weighted by Crippen LogP contribution is 2.27. The minimum atomic E-state index is -0.0723. The van der Waals surface area contributed by atoms with Gasteiger partial charge in [-0.25, -0.2) is 0 Å². The van der Waals surface area contributed by atoms with E-state index in [-0.39, 0.29) is 24.5 Å². The van der Waals surface area contributed by atoms with Gasteiger partial charge >= 0.3 is 0 Å². The van der Waals surface area contributed by atoms with Crippen LogP contribution in [-0.2, 0) is 22.5 Å². The van der Waals surface area contributed by atoms with Crippen LogP contribution in [0.25, 0.3) is 0 Å². The Hall–Kier alpha value is -2.86. The van der Waals surface area contributed by atoms with Crippen LogP contribution in [0.1, 0.15) is 34.3 Å². The molecule has 0 bridgehead atoms. The summed E-state index contributed by atoms with van der Waals surface area (Å²) in [5.41, 5.74) is 4.33. The maximum absolute atomic E-state index is 13.4. The quantitative estimate of drug-likeness (QED) is 0.828. The lowest BCUT2D eigenvalue weighted by Gasteiger charge is -2.36. The van der Waals surface area contributed by atoms with Gasteiger partial charge in [-0.1, -0.05) is 36.4 Å². The summed E-state index contributed by atoms with van der Waals surface area (Å²) in [4.78, 5) is 29.4. The monoisotopic (exact) mass is 407 g/mol. The third kappa shape index (κ3) is 4.49. The first-order valence-corrected chi connectivity index (χ1v) is 10.6. The Balaban J connectivity index is 1.43. The lowest BCUT2D eigenvalue weighted by atomic mass is 9.98. The van der Waals surface area contributed by atoms with Gasteiger partial charge in [0, 0.05) is 45.0 Å². The number of benzene rings is 2. The summed E-state index contributed by atoms with van der Waals surface area (Å²) in [6.07, 6.45) is 2.61. The topological polar surface area (TPSA) is 61.9 Å². The van der Waals surface area contributed by atoms with E-state index in [2.05, 4.69) is 28.4 Å². The van der Waals surface area contributed by atoms with Crippen LogP contribution in [0.15, 0.2) is 48.5 Å². The van der Waals surface area contributed by atoms with Crippen LogP contribution < -0.4 is 10.2 Å². The molecule has 2 aromatic carbocycles. The van der Waals surface area contributed by atoms with Gasteiger partial charge in [-0.05, 0) is 42.5 Å². The van der Waals surface area contributed by atoms with Gasteiger partial charge in [0.1, 0.15) is 6.61 Å². The predicted octanol–water partition coefficient (Wildman–Crippen LogP) is 2.62. The van der Waals surface area contributed by atoms with Crippen LogP contribution in [0.4, 0.5) is 5.69 Å². The van der Waals surface area contributed by atoms with E-state index in [4.69, 9.17) is 4.74 Å². The largest absolute Gasteiger partial charge is 0.375 e. The first-order valence-electron chi connectivity index (χ1n) is 10.6. The minimum Gasteiger partial charge on any atom is -0.375 e. The van der Waals surface area contributed by atoms with Crippen molar-refractivity contribution in [1.82, 2.24) is 10.2 Å². The fourth-order valence-corrected chi connectivity index (χ4v) is 4.43. The number of hydrogen-bond acceptors (Lipinski definition) is 4. The molecule has 0 radical (unpaired) electrons. The highest BCUT2D eigenvalue weighted by atomic mass is 16.5. The summed E-state index contributed by atoms with van der Waals surface area (Å²) >= 11 is 0. The number of anilines is 1. The zero-order valence-electron chi connectivity index (χ0n) is 17.5. The predicted molar refractivity (Wildman–Crippen MR) is 117 cm³/mol. The van der Waals surface area contributed by atoms with Crippen LogP contribution in [-0.4, -0.2) is 56.1 Å². The van der Waals surface area contributed by atoms with Crippen LogP contribution in [0.5, 0.6) is 0 Å². The maximum Gasteiger partial charge on any atom is 0.256 e. The van der Waals surface area contributed by atoms with Crippen LogP contribution in [0.2, 0.25) is 0 Å². The molecule has 0 aromatic heterocycles. The average Bonchev–Trinajstić information content (AvgIpc) is 2.79. The zero-order valence-corrected chi connectivity index (χ0v) is 17.5. The van der Waals surface area contributed by atoms with E-state index in [1.54, 1.807) is 0 Å². The van der Waals surface area contributed by atoms with Crippen molar-refractivity contribution in [2.24, 2.45) is 0 Å². The first kappa shape index (κ1) is 20.4. The Bertz CT molecular complexity index is 906. The number of hydrogen-bond donors (Lipinski definition) is 1. The molecule has 2 aliphatic heterocycles. The van der Waals surface area contributed by atoms with Crippen molar-refractivity contribution in [3.8, 4) is 0 Å². The fourth-order valence-electron chi connectivity index (χ4n) is 4.43. The van der Waals surface area contributed by atoms with Crippen molar-refractivity contribution >= 4 is 17.5 Å². The molecule has 1 saturated heterocycles. The summed E-state index contributed by atoms with van der Waals surface area (Å²) in [5.74, 6) is 0.0209. The molecule has 30 heavy (non-hydrogen) atoms. The molecular weight excluding hydrogens is 378 g/mol. The van der Waals surface area contributed by atoms with Crippen molar-refractivity contribution < 1.29 is 14.3 Å². The van der Waals surface area contributed by atoms with Gasteiger partial charge in [0.25, 0.3) is 5.91 Å². The number of nitrogens with one attached hydrogen (secondary N) is 1. The molecule has 4 rings (SSSR count). The van der Waals surface area contributed by atoms with Crippen LogP contribution >= 0.6 is 0 Å². The van der Waals surface area contributed by atoms with Crippen LogP contribution in [0.3, 0.4) is 0 Å². The third-order valence-corrected chi connectivity index (χ3v) is 6.03. The SMILES string of the molecule is COCC(=O)NC1CCN(c2ccccc2C(=O)N2CCc3ccccc3C2)CC1. The van der Waals surface area contributed by atoms with Gasteiger partial charge in [0.05, 0.1) is 5.56 Å². The number of methoxy groups -OCH3 is 1. The lowest BCUT2D eigenvalue weighted by molar-refractivity contribution is -0.125. The number of nitrogens with zero attached hydrogens (tertiary/aromatic N) is 2. The van der Waals surface area contributed by atoms with Gasteiger partial charge in [-0.2, -0.15) is 0 Å². The van der Waals surface area contributed by atoms with Crippen LogP contribution in [0, 0.1) is 0 Å². The second-order valence-corrected chi connectivity index (χ2v) is 8.02. The van der Waals surface area contributed by atoms with E-state index in [9.17, 15) is 9.59 Å². The summed E-state index contributed by atoms with van der Waals surface area (Å²) in [6, 6.07) is 16.4. The molecule has 6 nitrogen and oxygen atoms in total. The Labute approximate surface area is 177 Å². The van der Waals surface area contributed by atoms with E-state index >= 15 is 0 Å².